The standard InChI is InChI=1S/C14H20N2O6/c1-2-22-12(18)5-6-15(9-3-4-9)13(19)11-7-10(17)8-16(11)14(20)21/h5-6,9-11,17H,2-4,7-8H2,1H3,(H,20,21). The Bertz CT molecular complexity index is 488. The summed E-state index contributed by atoms with van der Waals surface area (Å²) in [5.74, 6) is -0.968. The van der Waals surface area contributed by atoms with E-state index in [-0.39, 0.29) is 25.6 Å². The van der Waals surface area contributed by atoms with E-state index in [1.54, 1.807) is 6.92 Å². The van der Waals surface area contributed by atoms with Crippen molar-refractivity contribution in [1.29, 1.82) is 0 Å². The third-order valence-corrected chi connectivity index (χ3v) is 3.66. The molecule has 2 amide bonds. The number of β-amino-alcohol motifs (C(OH)–C–C–N with tert-alkyl or cyclic N) is 1. The zero-order chi connectivity index (χ0) is 16.3. The van der Waals surface area contributed by atoms with E-state index < -0.39 is 30.1 Å². The van der Waals surface area contributed by atoms with Crippen LogP contribution in [-0.2, 0) is 14.3 Å². The largest absolute Gasteiger partial charge is 0.465 e. The smallest absolute Gasteiger partial charge is 0.408 e. The molecule has 1 saturated carbocycles. The SMILES string of the molecule is CCOC(=O)C=CN(C(=O)C1CC(O)CN1C(=O)O)C1CC1. The first-order valence-electron chi connectivity index (χ1n) is 7.28. The molecule has 1 heterocycles. The number of rotatable bonds is 5. The molecule has 8 heteroatoms. The van der Waals surface area contributed by atoms with E-state index in [4.69, 9.17) is 9.84 Å². The molecule has 1 aliphatic carbocycles. The van der Waals surface area contributed by atoms with Crippen molar-refractivity contribution in [2.45, 2.75) is 44.4 Å². The highest BCUT2D eigenvalue weighted by Gasteiger charge is 2.43. The van der Waals surface area contributed by atoms with Gasteiger partial charge in [-0.05, 0) is 19.8 Å². The summed E-state index contributed by atoms with van der Waals surface area (Å²) in [7, 11) is 0. The molecule has 2 atom stereocenters. The summed E-state index contributed by atoms with van der Waals surface area (Å²) < 4.78 is 4.77. The first-order valence-corrected chi connectivity index (χ1v) is 7.28. The molecule has 0 aromatic heterocycles. The molecule has 2 aliphatic rings. The Morgan fingerprint density at radius 2 is 2.05 bits per heavy atom. The summed E-state index contributed by atoms with van der Waals surface area (Å²) >= 11 is 0. The van der Waals surface area contributed by atoms with Gasteiger partial charge in [-0.25, -0.2) is 9.59 Å². The lowest BCUT2D eigenvalue weighted by atomic mass is 10.1. The normalized spacial score (nSPS) is 24.5. The van der Waals surface area contributed by atoms with Gasteiger partial charge >= 0.3 is 12.1 Å². The van der Waals surface area contributed by atoms with Crippen LogP contribution in [-0.4, -0.2) is 69.3 Å². The van der Waals surface area contributed by atoms with Gasteiger partial charge in [0, 0.05) is 24.7 Å². The Morgan fingerprint density at radius 3 is 2.59 bits per heavy atom. The first-order chi connectivity index (χ1) is 10.4. The summed E-state index contributed by atoms with van der Waals surface area (Å²) in [4.78, 5) is 37.4. The lowest BCUT2D eigenvalue weighted by Gasteiger charge is -2.26. The second kappa shape index (κ2) is 6.78. The van der Waals surface area contributed by atoms with Crippen molar-refractivity contribution in [3.63, 3.8) is 0 Å². The number of hydrogen-bond acceptors (Lipinski definition) is 5. The second-order valence-corrected chi connectivity index (χ2v) is 5.38. The number of carbonyl (C=O) groups excluding carboxylic acids is 2. The van der Waals surface area contributed by atoms with Gasteiger partial charge in [-0.3, -0.25) is 9.69 Å². The van der Waals surface area contributed by atoms with Gasteiger partial charge in [0.25, 0.3) is 0 Å². The number of carboxylic acid groups (broad SMARTS) is 1. The third kappa shape index (κ3) is 3.76. The molecule has 8 nitrogen and oxygen atoms in total. The van der Waals surface area contributed by atoms with Crippen molar-refractivity contribution >= 4 is 18.0 Å². The van der Waals surface area contributed by atoms with Crippen LogP contribution < -0.4 is 0 Å². The van der Waals surface area contributed by atoms with Gasteiger partial charge in [0.15, 0.2) is 0 Å². The minimum atomic E-state index is -1.24. The number of nitrogens with zero attached hydrogens (tertiary/aromatic N) is 2. The van der Waals surface area contributed by atoms with Gasteiger partial charge in [-0.15, -0.1) is 0 Å². The zero-order valence-electron chi connectivity index (χ0n) is 12.3. The fourth-order valence-electron chi connectivity index (χ4n) is 2.49. The fourth-order valence-corrected chi connectivity index (χ4v) is 2.49. The van der Waals surface area contributed by atoms with Crippen molar-refractivity contribution in [3.05, 3.63) is 12.3 Å². The van der Waals surface area contributed by atoms with Gasteiger partial charge in [-0.2, -0.15) is 0 Å². The summed E-state index contributed by atoms with van der Waals surface area (Å²) in [6.07, 6.45) is 2.11. The van der Waals surface area contributed by atoms with Gasteiger partial charge in [0.2, 0.25) is 5.91 Å². The van der Waals surface area contributed by atoms with Crippen LogP contribution in [0.4, 0.5) is 4.79 Å². The molecular formula is C14H20N2O6. The van der Waals surface area contributed by atoms with Crippen LogP contribution >= 0.6 is 0 Å². The van der Waals surface area contributed by atoms with Gasteiger partial charge in [0.1, 0.15) is 6.04 Å². The van der Waals surface area contributed by atoms with Gasteiger partial charge in [-0.1, -0.05) is 0 Å². The molecule has 0 radical (unpaired) electrons. The van der Waals surface area contributed by atoms with Gasteiger partial charge in [0.05, 0.1) is 19.3 Å². The molecule has 0 aromatic carbocycles. The average Bonchev–Trinajstić information content (AvgIpc) is 3.20. The Balaban J connectivity index is 2.09. The van der Waals surface area contributed by atoms with Crippen LogP contribution in [0.1, 0.15) is 26.2 Å². The topological polar surface area (TPSA) is 107 Å². The minimum absolute atomic E-state index is 0.0217. The molecule has 0 bridgehead atoms. The van der Waals surface area contributed by atoms with Crippen LogP contribution in [0.3, 0.4) is 0 Å². The van der Waals surface area contributed by atoms with E-state index in [0.717, 1.165) is 23.8 Å². The quantitative estimate of drug-likeness (QED) is 0.553. The predicted molar refractivity (Wildman–Crippen MR) is 74.8 cm³/mol. The molecule has 22 heavy (non-hydrogen) atoms. The number of amides is 2. The molecule has 1 aliphatic heterocycles. The minimum Gasteiger partial charge on any atom is -0.465 e. The second-order valence-electron chi connectivity index (χ2n) is 5.38. The number of carbonyl (C=O) groups is 3. The Labute approximate surface area is 127 Å². The highest BCUT2D eigenvalue weighted by Crippen LogP contribution is 2.30. The number of ether oxygens (including phenoxy) is 1. The molecule has 1 saturated heterocycles. The lowest BCUT2D eigenvalue weighted by Crippen LogP contribution is -2.46. The van der Waals surface area contributed by atoms with Crippen LogP contribution in [0.2, 0.25) is 0 Å². The highest BCUT2D eigenvalue weighted by molar-refractivity contribution is 5.88. The predicted octanol–water partition coefficient (Wildman–Crippen LogP) is 0.167. The zero-order valence-corrected chi connectivity index (χ0v) is 12.3. The molecule has 2 fully saturated rings. The molecule has 122 valence electrons. The van der Waals surface area contributed by atoms with Crippen molar-refractivity contribution in [2.24, 2.45) is 0 Å². The Kier molecular flexibility index (Phi) is 5.02. The molecule has 2 rings (SSSR count). The lowest BCUT2D eigenvalue weighted by molar-refractivity contribution is -0.137. The molecule has 0 spiro atoms. The van der Waals surface area contributed by atoms with E-state index in [9.17, 15) is 19.5 Å². The monoisotopic (exact) mass is 312 g/mol. The maximum atomic E-state index is 12.6. The number of esters is 1. The van der Waals surface area contributed by atoms with Crippen LogP contribution in [0.15, 0.2) is 12.3 Å². The first kappa shape index (κ1) is 16.3. The molecule has 2 unspecified atom stereocenters. The van der Waals surface area contributed by atoms with Crippen molar-refractivity contribution in [2.75, 3.05) is 13.2 Å². The van der Waals surface area contributed by atoms with Crippen molar-refractivity contribution in [1.82, 2.24) is 9.80 Å². The van der Waals surface area contributed by atoms with E-state index in [0.29, 0.717) is 0 Å². The van der Waals surface area contributed by atoms with E-state index in [1.807, 2.05) is 0 Å². The number of aliphatic hydroxyl groups excluding tert-OH is 1. The third-order valence-electron chi connectivity index (χ3n) is 3.66. The summed E-state index contributed by atoms with van der Waals surface area (Å²) in [5, 5.41) is 18.8. The number of hydrogen-bond donors (Lipinski definition) is 2. The van der Waals surface area contributed by atoms with Crippen LogP contribution in [0.25, 0.3) is 0 Å². The van der Waals surface area contributed by atoms with Gasteiger partial charge < -0.3 is 19.8 Å². The van der Waals surface area contributed by atoms with Crippen molar-refractivity contribution in [3.8, 4) is 0 Å². The molecule has 0 aromatic rings. The van der Waals surface area contributed by atoms with Crippen LogP contribution in [0, 0.1) is 0 Å². The van der Waals surface area contributed by atoms with E-state index in [2.05, 4.69) is 0 Å². The molecular weight excluding hydrogens is 292 g/mol. The Morgan fingerprint density at radius 1 is 1.36 bits per heavy atom. The van der Waals surface area contributed by atoms with E-state index >= 15 is 0 Å². The number of aliphatic hydroxyl groups is 1. The average molecular weight is 312 g/mol. The summed E-state index contributed by atoms with van der Waals surface area (Å²) in [6.45, 7) is 1.84. The highest BCUT2D eigenvalue weighted by atomic mass is 16.5. The summed E-state index contributed by atoms with van der Waals surface area (Å²) in [6, 6.07) is -0.938. The molecule has 2 N–H and O–H groups in total. The van der Waals surface area contributed by atoms with Crippen molar-refractivity contribution < 1.29 is 29.3 Å². The van der Waals surface area contributed by atoms with E-state index in [1.165, 1.54) is 11.1 Å². The Hall–Kier alpha value is -2.09. The maximum Gasteiger partial charge on any atom is 0.408 e. The number of likely N-dealkylation sites (tertiary alicyclic amines) is 1. The fraction of sp³-hybridized carbons (Fsp3) is 0.643. The summed E-state index contributed by atoms with van der Waals surface area (Å²) in [5.41, 5.74) is 0. The van der Waals surface area contributed by atoms with Crippen LogP contribution in [0.5, 0.6) is 0 Å². The maximum absolute atomic E-state index is 12.6.